The van der Waals surface area contributed by atoms with Crippen LogP contribution in [-0.2, 0) is 4.74 Å². The zero-order valence-corrected chi connectivity index (χ0v) is 21.9. The molecule has 1 aliphatic heterocycles. The maximum absolute atomic E-state index is 14.9. The molecular weight excluding hydrogens is 475 g/mol. The molecule has 2 aromatic heterocycles. The quantitative estimate of drug-likeness (QED) is 0.383. The molecule has 4 rings (SSSR count). The molecule has 0 radical (unpaired) electrons. The van der Waals surface area contributed by atoms with E-state index in [1.807, 2.05) is 26.0 Å². The number of aryl methyl sites for hydroxylation is 1. The molecule has 34 heavy (non-hydrogen) atoms. The van der Waals surface area contributed by atoms with Crippen LogP contribution >= 0.6 is 22.9 Å². The molecule has 1 saturated heterocycles. The highest BCUT2D eigenvalue weighted by molar-refractivity contribution is 7.18. The highest BCUT2D eigenvalue weighted by Crippen LogP contribution is 2.39. The van der Waals surface area contributed by atoms with Crippen LogP contribution in [0, 0.1) is 18.7 Å². The van der Waals surface area contributed by atoms with E-state index in [9.17, 15) is 4.39 Å². The monoisotopic (exact) mass is 504 g/mol. The lowest BCUT2D eigenvalue weighted by molar-refractivity contribution is -0.0140. The van der Waals surface area contributed by atoms with E-state index in [0.29, 0.717) is 27.2 Å². The van der Waals surface area contributed by atoms with E-state index in [-0.39, 0.29) is 29.4 Å². The van der Waals surface area contributed by atoms with Gasteiger partial charge in [-0.25, -0.2) is 9.37 Å². The normalized spacial score (nSPS) is 19.6. The summed E-state index contributed by atoms with van der Waals surface area (Å²) in [6, 6.07) is 7.02. The first-order valence-electron chi connectivity index (χ1n) is 11.4. The third-order valence-corrected chi connectivity index (χ3v) is 7.01. The number of rotatable bonds is 7. The van der Waals surface area contributed by atoms with E-state index in [1.54, 1.807) is 0 Å². The molecule has 9 heteroatoms. The molecular formula is C25H30ClFN4O2S. The Morgan fingerprint density at radius 2 is 1.97 bits per heavy atom. The van der Waals surface area contributed by atoms with Gasteiger partial charge in [-0.15, -0.1) is 10.2 Å². The summed E-state index contributed by atoms with van der Waals surface area (Å²) in [7, 11) is 0. The van der Waals surface area contributed by atoms with Gasteiger partial charge in [-0.1, -0.05) is 22.9 Å². The summed E-state index contributed by atoms with van der Waals surface area (Å²) >= 11 is 7.87. The first-order chi connectivity index (χ1) is 16.0. The van der Waals surface area contributed by atoms with Crippen molar-refractivity contribution in [3.8, 4) is 26.9 Å². The Hall–Kier alpha value is -2.29. The van der Waals surface area contributed by atoms with E-state index >= 15 is 0 Å². The van der Waals surface area contributed by atoms with Crippen LogP contribution in [0.4, 0.5) is 10.2 Å². The first-order valence-corrected chi connectivity index (χ1v) is 12.6. The maximum Gasteiger partial charge on any atom is 0.165 e. The Bertz CT molecular complexity index is 1180. The Morgan fingerprint density at radius 3 is 2.65 bits per heavy atom. The zero-order chi connectivity index (χ0) is 24.6. The van der Waals surface area contributed by atoms with Gasteiger partial charge in [0.25, 0.3) is 0 Å². The Morgan fingerprint density at radius 1 is 1.24 bits per heavy atom. The van der Waals surface area contributed by atoms with Crippen LogP contribution in [0.2, 0.25) is 5.02 Å². The number of halogens is 2. The highest BCUT2D eigenvalue weighted by Gasteiger charge is 2.38. The van der Waals surface area contributed by atoms with E-state index in [1.165, 1.54) is 23.5 Å². The second kappa shape index (κ2) is 9.76. The lowest BCUT2D eigenvalue weighted by Gasteiger charge is -2.16. The zero-order valence-electron chi connectivity index (χ0n) is 20.3. The molecule has 2 atom stereocenters. The first kappa shape index (κ1) is 24.8. The fraction of sp³-hybridized carbons (Fsp3) is 0.480. The van der Waals surface area contributed by atoms with Gasteiger partial charge < -0.3 is 14.8 Å². The molecule has 2 unspecified atom stereocenters. The molecule has 3 aromatic rings. The van der Waals surface area contributed by atoms with Gasteiger partial charge >= 0.3 is 0 Å². The van der Waals surface area contributed by atoms with E-state index in [4.69, 9.17) is 21.1 Å². The van der Waals surface area contributed by atoms with E-state index in [0.717, 1.165) is 23.5 Å². The summed E-state index contributed by atoms with van der Waals surface area (Å²) in [5.74, 6) is 0.616. The number of ether oxygens (including phenoxy) is 2. The number of nitrogens with one attached hydrogen (secondary N) is 1. The standard InChI is InChI=1S/C25H30ClFN4O2S/c1-13(2)28-22-8-16(7-14(3)29-22)23-30-31-24(34-23)18-9-20(27)21(10-19(18)26)32-12-17-11-25(5,6)33-15(17)4/h7-10,13,15,17H,11-12H2,1-6H3,(H,28,29). The number of anilines is 1. The minimum Gasteiger partial charge on any atom is -0.490 e. The van der Waals surface area contributed by atoms with Gasteiger partial charge in [0, 0.05) is 34.8 Å². The molecule has 0 amide bonds. The number of benzene rings is 1. The summed E-state index contributed by atoms with van der Waals surface area (Å²) < 4.78 is 26.7. The highest BCUT2D eigenvalue weighted by atomic mass is 35.5. The van der Waals surface area contributed by atoms with Crippen LogP contribution in [0.3, 0.4) is 0 Å². The van der Waals surface area contributed by atoms with Crippen molar-refractivity contribution < 1.29 is 13.9 Å². The molecule has 0 bridgehead atoms. The molecule has 0 spiro atoms. The second-order valence-electron chi connectivity index (χ2n) is 9.71. The van der Waals surface area contributed by atoms with Gasteiger partial charge in [0.2, 0.25) is 0 Å². The fourth-order valence-corrected chi connectivity index (χ4v) is 5.41. The molecule has 1 aliphatic rings. The fourth-order valence-electron chi connectivity index (χ4n) is 4.25. The van der Waals surface area contributed by atoms with Crippen LogP contribution in [-0.4, -0.2) is 39.5 Å². The number of hydrogen-bond acceptors (Lipinski definition) is 7. The predicted molar refractivity (Wildman–Crippen MR) is 135 cm³/mol. The molecule has 182 valence electrons. The van der Waals surface area contributed by atoms with E-state index < -0.39 is 5.82 Å². The summed E-state index contributed by atoms with van der Waals surface area (Å²) in [5, 5.41) is 13.5. The molecule has 0 aliphatic carbocycles. The SMILES string of the molecule is Cc1cc(-c2nnc(-c3cc(F)c(OCC4CC(C)(C)OC4C)cc3Cl)s2)cc(NC(C)C)n1. The number of pyridine rings is 1. The van der Waals surface area contributed by atoms with Crippen LogP contribution < -0.4 is 10.1 Å². The van der Waals surface area contributed by atoms with Gasteiger partial charge in [-0.2, -0.15) is 0 Å². The van der Waals surface area contributed by atoms with Crippen molar-refractivity contribution in [2.24, 2.45) is 5.92 Å². The topological polar surface area (TPSA) is 69.2 Å². The minimum atomic E-state index is -0.481. The van der Waals surface area contributed by atoms with E-state index in [2.05, 4.69) is 48.2 Å². The molecule has 3 heterocycles. The van der Waals surface area contributed by atoms with Crippen LogP contribution in [0.1, 0.15) is 46.7 Å². The van der Waals surface area contributed by atoms with Crippen molar-refractivity contribution in [3.05, 3.63) is 40.8 Å². The Balaban J connectivity index is 1.53. The third kappa shape index (κ3) is 5.67. The summed E-state index contributed by atoms with van der Waals surface area (Å²) in [5.41, 5.74) is 2.06. The minimum absolute atomic E-state index is 0.0562. The second-order valence-corrected chi connectivity index (χ2v) is 11.1. The van der Waals surface area contributed by atoms with Gasteiger partial charge in [-0.3, -0.25) is 0 Å². The van der Waals surface area contributed by atoms with Crippen molar-refractivity contribution in [2.45, 2.75) is 65.7 Å². The Kier molecular flexibility index (Phi) is 7.12. The van der Waals surface area contributed by atoms with Crippen molar-refractivity contribution in [1.82, 2.24) is 15.2 Å². The van der Waals surface area contributed by atoms with Gasteiger partial charge in [-0.05, 0) is 66.2 Å². The van der Waals surface area contributed by atoms with Crippen molar-refractivity contribution in [1.29, 1.82) is 0 Å². The number of hydrogen-bond donors (Lipinski definition) is 1. The van der Waals surface area contributed by atoms with Crippen molar-refractivity contribution in [3.63, 3.8) is 0 Å². The molecule has 0 saturated carbocycles. The molecule has 1 N–H and O–H groups in total. The summed E-state index contributed by atoms with van der Waals surface area (Å²) in [6.45, 7) is 12.5. The number of aromatic nitrogens is 3. The van der Waals surface area contributed by atoms with Crippen LogP contribution in [0.25, 0.3) is 21.1 Å². The lowest BCUT2D eigenvalue weighted by Crippen LogP contribution is -2.19. The average molecular weight is 505 g/mol. The van der Waals surface area contributed by atoms with Crippen LogP contribution in [0.15, 0.2) is 24.3 Å². The van der Waals surface area contributed by atoms with Crippen molar-refractivity contribution in [2.75, 3.05) is 11.9 Å². The Labute approximate surface area is 208 Å². The lowest BCUT2D eigenvalue weighted by atomic mass is 9.95. The predicted octanol–water partition coefficient (Wildman–Crippen LogP) is 6.77. The number of nitrogens with zero attached hydrogens (tertiary/aromatic N) is 3. The molecule has 6 nitrogen and oxygen atoms in total. The molecule has 1 aromatic carbocycles. The third-order valence-electron chi connectivity index (χ3n) is 5.69. The van der Waals surface area contributed by atoms with Gasteiger partial charge in [0.05, 0.1) is 23.3 Å². The maximum atomic E-state index is 14.9. The smallest absolute Gasteiger partial charge is 0.165 e. The molecule has 1 fully saturated rings. The summed E-state index contributed by atoms with van der Waals surface area (Å²) in [4.78, 5) is 4.51. The average Bonchev–Trinajstić information content (AvgIpc) is 3.31. The summed E-state index contributed by atoms with van der Waals surface area (Å²) in [6.07, 6.45) is 0.915. The van der Waals surface area contributed by atoms with Crippen LogP contribution in [0.5, 0.6) is 5.75 Å². The largest absolute Gasteiger partial charge is 0.490 e. The van der Waals surface area contributed by atoms with Gasteiger partial charge in [0.1, 0.15) is 15.8 Å². The van der Waals surface area contributed by atoms with Crippen molar-refractivity contribution >= 4 is 28.8 Å². The van der Waals surface area contributed by atoms with Gasteiger partial charge in [0.15, 0.2) is 11.6 Å².